The molecule has 1 aromatic carbocycles. The van der Waals surface area contributed by atoms with Gasteiger partial charge in [0.05, 0.1) is 12.2 Å². The first-order valence-electron chi connectivity index (χ1n) is 7.48. The Balaban J connectivity index is 1.64. The van der Waals surface area contributed by atoms with Crippen molar-refractivity contribution in [2.24, 2.45) is 0 Å². The van der Waals surface area contributed by atoms with Crippen molar-refractivity contribution in [2.45, 2.75) is 23.8 Å². The Hall–Kier alpha value is -1.30. The fourth-order valence-corrected chi connectivity index (χ4v) is 4.39. The fraction of sp³-hybridized carbons (Fsp3) is 0.353. The molecule has 1 unspecified atom stereocenters. The normalized spacial score (nSPS) is 18.5. The summed E-state index contributed by atoms with van der Waals surface area (Å²) in [4.78, 5) is 17.2. The van der Waals surface area contributed by atoms with E-state index >= 15 is 0 Å². The molecule has 2 aromatic rings. The third-order valence-corrected chi connectivity index (χ3v) is 5.73. The molecule has 3 rings (SSSR count). The number of amides is 1. The van der Waals surface area contributed by atoms with Crippen molar-refractivity contribution in [1.29, 1.82) is 0 Å². The van der Waals surface area contributed by atoms with E-state index in [9.17, 15) is 4.79 Å². The maximum Gasteiger partial charge on any atom is 0.238 e. The Labute approximate surface area is 139 Å². The largest absolute Gasteiger partial charge is 0.324 e. The molecular weight excluding hydrogens is 312 g/mol. The second-order valence-corrected chi connectivity index (χ2v) is 7.22. The number of anilines is 1. The van der Waals surface area contributed by atoms with E-state index in [-0.39, 0.29) is 5.91 Å². The first kappa shape index (κ1) is 15.6. The van der Waals surface area contributed by atoms with E-state index in [1.165, 1.54) is 4.88 Å². The second-order valence-electron chi connectivity index (χ2n) is 5.39. The monoisotopic (exact) mass is 332 g/mol. The first-order chi connectivity index (χ1) is 10.8. The molecule has 3 nitrogen and oxygen atoms in total. The zero-order valence-electron chi connectivity index (χ0n) is 12.6. The van der Waals surface area contributed by atoms with Crippen LogP contribution in [0, 0.1) is 0 Å². The lowest BCUT2D eigenvalue weighted by Gasteiger charge is -2.23. The van der Waals surface area contributed by atoms with Crippen LogP contribution in [0.25, 0.3) is 0 Å². The van der Waals surface area contributed by atoms with Gasteiger partial charge in [-0.2, -0.15) is 0 Å². The Kier molecular flexibility index (Phi) is 5.18. The number of thioether (sulfide) groups is 1. The molecule has 1 aliphatic rings. The molecular formula is C17H20N2OS2. The fourth-order valence-electron chi connectivity index (χ4n) is 2.94. The van der Waals surface area contributed by atoms with Crippen molar-refractivity contribution in [3.8, 4) is 0 Å². The van der Waals surface area contributed by atoms with Crippen LogP contribution < -0.4 is 5.32 Å². The molecule has 0 bridgehead atoms. The standard InChI is InChI=1S/C17H20N2OS2/c1-21-15-8-3-2-6-13(15)18-17(20)12-19-10-4-7-14(19)16-9-5-11-22-16/h2-3,5-6,8-9,11,14H,4,7,10,12H2,1H3,(H,18,20). The maximum absolute atomic E-state index is 12.4. The van der Waals surface area contributed by atoms with Gasteiger partial charge in [0.15, 0.2) is 0 Å². The number of rotatable bonds is 5. The third-order valence-electron chi connectivity index (χ3n) is 3.96. The zero-order valence-corrected chi connectivity index (χ0v) is 14.3. The molecule has 0 aliphatic carbocycles. The Morgan fingerprint density at radius 1 is 1.36 bits per heavy atom. The van der Waals surface area contributed by atoms with E-state index in [1.807, 2.05) is 30.5 Å². The van der Waals surface area contributed by atoms with Gasteiger partial charge in [0.25, 0.3) is 0 Å². The minimum atomic E-state index is 0.0740. The van der Waals surface area contributed by atoms with Crippen molar-refractivity contribution < 1.29 is 4.79 Å². The molecule has 22 heavy (non-hydrogen) atoms. The lowest BCUT2D eigenvalue weighted by atomic mass is 10.2. The zero-order chi connectivity index (χ0) is 15.4. The number of nitrogens with one attached hydrogen (secondary N) is 1. The Morgan fingerprint density at radius 2 is 2.23 bits per heavy atom. The van der Waals surface area contributed by atoms with Crippen LogP contribution in [0.5, 0.6) is 0 Å². The highest BCUT2D eigenvalue weighted by molar-refractivity contribution is 7.98. The first-order valence-corrected chi connectivity index (χ1v) is 9.58. The molecule has 0 spiro atoms. The van der Waals surface area contributed by atoms with Crippen LogP contribution in [0.4, 0.5) is 5.69 Å². The van der Waals surface area contributed by atoms with Gasteiger partial charge in [-0.1, -0.05) is 18.2 Å². The topological polar surface area (TPSA) is 32.3 Å². The minimum Gasteiger partial charge on any atom is -0.324 e. The summed E-state index contributed by atoms with van der Waals surface area (Å²) in [6.07, 6.45) is 4.34. The molecule has 1 atom stereocenters. The van der Waals surface area contributed by atoms with Gasteiger partial charge in [0, 0.05) is 15.8 Å². The molecule has 1 N–H and O–H groups in total. The molecule has 1 saturated heterocycles. The van der Waals surface area contributed by atoms with E-state index in [0.717, 1.165) is 30.0 Å². The second kappa shape index (κ2) is 7.31. The quantitative estimate of drug-likeness (QED) is 0.831. The molecule has 1 aliphatic heterocycles. The predicted molar refractivity (Wildman–Crippen MR) is 94.7 cm³/mol. The van der Waals surface area contributed by atoms with E-state index in [2.05, 4.69) is 27.7 Å². The van der Waals surface area contributed by atoms with Crippen LogP contribution >= 0.6 is 23.1 Å². The van der Waals surface area contributed by atoms with Crippen LogP contribution in [0.15, 0.2) is 46.7 Å². The molecule has 1 amide bonds. The summed E-state index contributed by atoms with van der Waals surface area (Å²) in [5.74, 6) is 0.0740. The smallest absolute Gasteiger partial charge is 0.238 e. The van der Waals surface area contributed by atoms with Gasteiger partial charge in [-0.25, -0.2) is 0 Å². The lowest BCUT2D eigenvalue weighted by molar-refractivity contribution is -0.117. The Bertz CT molecular complexity index is 627. The van der Waals surface area contributed by atoms with E-state index in [0.29, 0.717) is 12.6 Å². The average molecular weight is 332 g/mol. The van der Waals surface area contributed by atoms with Crippen LogP contribution in [0.1, 0.15) is 23.8 Å². The van der Waals surface area contributed by atoms with Gasteiger partial charge >= 0.3 is 0 Å². The number of hydrogen-bond acceptors (Lipinski definition) is 4. The number of thiophene rings is 1. The summed E-state index contributed by atoms with van der Waals surface area (Å²) < 4.78 is 0. The van der Waals surface area contributed by atoms with Crippen LogP contribution in [-0.2, 0) is 4.79 Å². The third kappa shape index (κ3) is 3.54. The van der Waals surface area contributed by atoms with Gasteiger partial charge in [0.2, 0.25) is 5.91 Å². The van der Waals surface area contributed by atoms with Crippen LogP contribution in [-0.4, -0.2) is 30.2 Å². The SMILES string of the molecule is CSc1ccccc1NC(=O)CN1CCCC1c1cccs1. The summed E-state index contributed by atoms with van der Waals surface area (Å²) in [5, 5.41) is 5.17. The van der Waals surface area contributed by atoms with E-state index in [1.54, 1.807) is 23.1 Å². The molecule has 0 radical (unpaired) electrons. The lowest BCUT2D eigenvalue weighted by Crippen LogP contribution is -2.32. The van der Waals surface area contributed by atoms with Crippen molar-refractivity contribution in [1.82, 2.24) is 4.90 Å². The molecule has 116 valence electrons. The number of carbonyl (C=O) groups excluding carboxylic acids is 1. The number of nitrogens with zero attached hydrogens (tertiary/aromatic N) is 1. The molecule has 2 heterocycles. The van der Waals surface area contributed by atoms with Crippen molar-refractivity contribution in [3.63, 3.8) is 0 Å². The molecule has 1 aromatic heterocycles. The number of para-hydroxylation sites is 1. The van der Waals surface area contributed by atoms with Gasteiger partial charge in [-0.3, -0.25) is 9.69 Å². The van der Waals surface area contributed by atoms with E-state index in [4.69, 9.17) is 0 Å². The molecule has 0 saturated carbocycles. The van der Waals surface area contributed by atoms with Crippen molar-refractivity contribution >= 4 is 34.7 Å². The molecule has 1 fully saturated rings. The summed E-state index contributed by atoms with van der Waals surface area (Å²) >= 11 is 3.44. The van der Waals surface area contributed by atoms with Crippen LogP contribution in [0.3, 0.4) is 0 Å². The minimum absolute atomic E-state index is 0.0740. The van der Waals surface area contributed by atoms with Gasteiger partial charge in [-0.15, -0.1) is 23.1 Å². The van der Waals surface area contributed by atoms with Gasteiger partial charge in [-0.05, 0) is 49.2 Å². The van der Waals surface area contributed by atoms with Crippen LogP contribution in [0.2, 0.25) is 0 Å². The van der Waals surface area contributed by atoms with E-state index < -0.39 is 0 Å². The number of hydrogen-bond donors (Lipinski definition) is 1. The summed E-state index contributed by atoms with van der Waals surface area (Å²) in [6, 6.07) is 12.6. The van der Waals surface area contributed by atoms with Gasteiger partial charge < -0.3 is 5.32 Å². The van der Waals surface area contributed by atoms with Gasteiger partial charge in [0.1, 0.15) is 0 Å². The summed E-state index contributed by atoms with van der Waals surface area (Å²) in [5.41, 5.74) is 0.909. The summed E-state index contributed by atoms with van der Waals surface area (Å²) in [6.45, 7) is 1.46. The highest BCUT2D eigenvalue weighted by Gasteiger charge is 2.28. The number of carbonyl (C=O) groups is 1. The summed E-state index contributed by atoms with van der Waals surface area (Å²) in [7, 11) is 0. The number of benzene rings is 1. The molecule has 5 heteroatoms. The number of likely N-dealkylation sites (tertiary alicyclic amines) is 1. The van der Waals surface area contributed by atoms with Crippen molar-refractivity contribution in [3.05, 3.63) is 46.7 Å². The highest BCUT2D eigenvalue weighted by Crippen LogP contribution is 2.34. The van der Waals surface area contributed by atoms with Crippen molar-refractivity contribution in [2.75, 3.05) is 24.7 Å². The maximum atomic E-state index is 12.4. The Morgan fingerprint density at radius 3 is 3.00 bits per heavy atom. The predicted octanol–water partition coefficient (Wildman–Crippen LogP) is 4.25. The highest BCUT2D eigenvalue weighted by atomic mass is 32.2. The average Bonchev–Trinajstić information content (AvgIpc) is 3.18.